The van der Waals surface area contributed by atoms with Crippen LogP contribution in [0.5, 0.6) is 0 Å². The lowest BCUT2D eigenvalue weighted by molar-refractivity contribution is -0.132. The number of carbonyl (C=O) groups is 2. The van der Waals surface area contributed by atoms with Crippen LogP contribution in [0.2, 0.25) is 0 Å². The molecular formula is C15H18O3. The van der Waals surface area contributed by atoms with E-state index in [2.05, 4.69) is 6.92 Å². The lowest BCUT2D eigenvalue weighted by atomic mass is 10.0. The Kier molecular flexibility index (Phi) is 5.31. The quantitative estimate of drug-likeness (QED) is 0.619. The van der Waals surface area contributed by atoms with E-state index >= 15 is 0 Å². The first-order valence-corrected chi connectivity index (χ1v) is 6.09. The molecule has 18 heavy (non-hydrogen) atoms. The van der Waals surface area contributed by atoms with Crippen LogP contribution in [-0.4, -0.2) is 16.9 Å². The van der Waals surface area contributed by atoms with E-state index in [4.69, 9.17) is 5.11 Å². The fourth-order valence-corrected chi connectivity index (χ4v) is 1.56. The SMILES string of the molecule is CCCCc1ccc(C(=O)/C=C(\C)C(=O)O)cc1. The van der Waals surface area contributed by atoms with Gasteiger partial charge >= 0.3 is 5.97 Å². The van der Waals surface area contributed by atoms with E-state index in [1.807, 2.05) is 12.1 Å². The number of allylic oxidation sites excluding steroid dienone is 1. The monoisotopic (exact) mass is 246 g/mol. The van der Waals surface area contributed by atoms with Crippen molar-refractivity contribution in [2.45, 2.75) is 33.1 Å². The van der Waals surface area contributed by atoms with Crippen molar-refractivity contribution in [3.05, 3.63) is 47.0 Å². The molecule has 0 heterocycles. The third-order valence-electron chi connectivity index (χ3n) is 2.74. The molecular weight excluding hydrogens is 228 g/mol. The Labute approximate surface area is 107 Å². The van der Waals surface area contributed by atoms with Crippen LogP contribution in [0.4, 0.5) is 0 Å². The van der Waals surface area contributed by atoms with Gasteiger partial charge in [0.2, 0.25) is 0 Å². The summed E-state index contributed by atoms with van der Waals surface area (Å²) in [5, 5.41) is 8.70. The Morgan fingerprint density at radius 3 is 2.33 bits per heavy atom. The molecule has 0 unspecified atom stereocenters. The van der Waals surface area contributed by atoms with Crippen molar-refractivity contribution in [1.82, 2.24) is 0 Å². The highest BCUT2D eigenvalue weighted by Gasteiger charge is 2.06. The van der Waals surface area contributed by atoms with E-state index in [0.717, 1.165) is 25.3 Å². The van der Waals surface area contributed by atoms with Crippen molar-refractivity contribution in [1.29, 1.82) is 0 Å². The second-order valence-corrected chi connectivity index (χ2v) is 4.30. The van der Waals surface area contributed by atoms with Crippen molar-refractivity contribution < 1.29 is 14.7 Å². The van der Waals surface area contributed by atoms with Gasteiger partial charge in [-0.15, -0.1) is 0 Å². The number of carboxylic acid groups (broad SMARTS) is 1. The van der Waals surface area contributed by atoms with E-state index in [1.165, 1.54) is 12.5 Å². The first-order valence-electron chi connectivity index (χ1n) is 6.09. The van der Waals surface area contributed by atoms with E-state index in [-0.39, 0.29) is 11.4 Å². The molecule has 96 valence electrons. The summed E-state index contributed by atoms with van der Waals surface area (Å²) in [4.78, 5) is 22.4. The molecule has 0 saturated carbocycles. The van der Waals surface area contributed by atoms with E-state index in [1.54, 1.807) is 12.1 Å². The molecule has 0 aliphatic heterocycles. The molecule has 0 saturated heterocycles. The standard InChI is InChI=1S/C15H18O3/c1-3-4-5-12-6-8-13(9-7-12)14(16)10-11(2)15(17)18/h6-10H,3-5H2,1-2H3,(H,17,18)/b11-10+. The number of unbranched alkanes of at least 4 members (excludes halogenated alkanes) is 1. The van der Waals surface area contributed by atoms with Crippen molar-refractivity contribution in [3.63, 3.8) is 0 Å². The molecule has 0 aromatic heterocycles. The summed E-state index contributed by atoms with van der Waals surface area (Å²) in [5.74, 6) is -1.33. The van der Waals surface area contributed by atoms with Gasteiger partial charge in [0.25, 0.3) is 0 Å². The van der Waals surface area contributed by atoms with Gasteiger partial charge in [0, 0.05) is 11.1 Å². The van der Waals surface area contributed by atoms with Crippen molar-refractivity contribution in [3.8, 4) is 0 Å². The maximum atomic E-state index is 11.7. The minimum absolute atomic E-state index is 0.0510. The van der Waals surface area contributed by atoms with Crippen LogP contribution in [0.15, 0.2) is 35.9 Å². The molecule has 0 fully saturated rings. The van der Waals surface area contributed by atoms with Gasteiger partial charge in [-0.2, -0.15) is 0 Å². The second-order valence-electron chi connectivity index (χ2n) is 4.30. The van der Waals surface area contributed by atoms with Gasteiger partial charge in [0.1, 0.15) is 0 Å². The largest absolute Gasteiger partial charge is 0.478 e. The molecule has 3 nitrogen and oxygen atoms in total. The summed E-state index contributed by atoms with van der Waals surface area (Å²) >= 11 is 0. The number of hydrogen-bond acceptors (Lipinski definition) is 2. The topological polar surface area (TPSA) is 54.4 Å². The minimum Gasteiger partial charge on any atom is -0.478 e. The first kappa shape index (κ1) is 14.2. The summed E-state index contributed by atoms with van der Waals surface area (Å²) < 4.78 is 0. The average molecular weight is 246 g/mol. The predicted molar refractivity (Wildman–Crippen MR) is 70.8 cm³/mol. The van der Waals surface area contributed by atoms with Crippen LogP contribution in [0.1, 0.15) is 42.6 Å². The highest BCUT2D eigenvalue weighted by molar-refractivity contribution is 6.08. The zero-order valence-corrected chi connectivity index (χ0v) is 10.8. The molecule has 0 atom stereocenters. The fourth-order valence-electron chi connectivity index (χ4n) is 1.56. The fraction of sp³-hybridized carbons (Fsp3) is 0.333. The van der Waals surface area contributed by atoms with E-state index in [9.17, 15) is 9.59 Å². The second kappa shape index (κ2) is 6.74. The average Bonchev–Trinajstić information content (AvgIpc) is 2.36. The molecule has 1 N–H and O–H groups in total. The van der Waals surface area contributed by atoms with Gasteiger partial charge in [-0.25, -0.2) is 4.79 Å². The van der Waals surface area contributed by atoms with E-state index in [0.29, 0.717) is 5.56 Å². The van der Waals surface area contributed by atoms with Crippen LogP contribution < -0.4 is 0 Å². The molecule has 1 aromatic rings. The van der Waals surface area contributed by atoms with Crippen molar-refractivity contribution in [2.24, 2.45) is 0 Å². The molecule has 0 aliphatic carbocycles. The normalized spacial score (nSPS) is 11.3. The Hall–Kier alpha value is -1.90. The summed E-state index contributed by atoms with van der Waals surface area (Å²) in [6.45, 7) is 3.55. The molecule has 1 aromatic carbocycles. The minimum atomic E-state index is -1.07. The van der Waals surface area contributed by atoms with Gasteiger partial charge in [-0.05, 0) is 31.4 Å². The molecule has 1 rings (SSSR count). The zero-order valence-electron chi connectivity index (χ0n) is 10.8. The van der Waals surface area contributed by atoms with Gasteiger partial charge in [-0.1, -0.05) is 37.6 Å². The molecule has 0 spiro atoms. The van der Waals surface area contributed by atoms with Crippen LogP contribution in [0.25, 0.3) is 0 Å². The Bertz CT molecular complexity index is 455. The molecule has 0 amide bonds. The molecule has 0 aliphatic rings. The Morgan fingerprint density at radius 2 is 1.83 bits per heavy atom. The summed E-state index contributed by atoms with van der Waals surface area (Å²) in [7, 11) is 0. The molecule has 0 radical (unpaired) electrons. The zero-order chi connectivity index (χ0) is 13.5. The summed E-state index contributed by atoms with van der Waals surface area (Å²) in [6, 6.07) is 7.34. The number of ketones is 1. The summed E-state index contributed by atoms with van der Waals surface area (Å²) in [6.07, 6.45) is 4.44. The van der Waals surface area contributed by atoms with Gasteiger partial charge < -0.3 is 5.11 Å². The first-order chi connectivity index (χ1) is 8.54. The third-order valence-corrected chi connectivity index (χ3v) is 2.74. The van der Waals surface area contributed by atoms with E-state index < -0.39 is 5.97 Å². The Balaban J connectivity index is 2.76. The van der Waals surface area contributed by atoms with Gasteiger partial charge in [0.05, 0.1) is 0 Å². The van der Waals surface area contributed by atoms with Gasteiger partial charge in [-0.3, -0.25) is 4.79 Å². The van der Waals surface area contributed by atoms with Crippen LogP contribution >= 0.6 is 0 Å². The highest BCUT2D eigenvalue weighted by Crippen LogP contribution is 2.09. The summed E-state index contributed by atoms with van der Waals surface area (Å²) in [5.41, 5.74) is 1.78. The third kappa shape index (κ3) is 4.17. The van der Waals surface area contributed by atoms with Gasteiger partial charge in [0.15, 0.2) is 5.78 Å². The number of hydrogen-bond donors (Lipinski definition) is 1. The number of aliphatic carboxylic acids is 1. The predicted octanol–water partition coefficient (Wildman–Crippen LogP) is 3.24. The Morgan fingerprint density at radius 1 is 1.22 bits per heavy atom. The van der Waals surface area contributed by atoms with Crippen molar-refractivity contribution in [2.75, 3.05) is 0 Å². The number of aryl methyl sites for hydroxylation is 1. The number of carboxylic acids is 1. The maximum Gasteiger partial charge on any atom is 0.331 e. The molecule has 3 heteroatoms. The lowest BCUT2D eigenvalue weighted by Crippen LogP contribution is -2.02. The number of rotatable bonds is 6. The smallest absolute Gasteiger partial charge is 0.331 e. The van der Waals surface area contributed by atoms with Crippen LogP contribution in [0, 0.1) is 0 Å². The number of carbonyl (C=O) groups excluding carboxylic acids is 1. The van der Waals surface area contributed by atoms with Crippen LogP contribution in [-0.2, 0) is 11.2 Å². The molecule has 0 bridgehead atoms. The maximum absolute atomic E-state index is 11.7. The lowest BCUT2D eigenvalue weighted by Gasteiger charge is -2.01. The number of benzene rings is 1. The highest BCUT2D eigenvalue weighted by atomic mass is 16.4. The van der Waals surface area contributed by atoms with Crippen LogP contribution in [0.3, 0.4) is 0 Å². The van der Waals surface area contributed by atoms with Crippen molar-refractivity contribution >= 4 is 11.8 Å².